The van der Waals surface area contributed by atoms with Crippen molar-refractivity contribution in [2.24, 2.45) is 34.4 Å². The summed E-state index contributed by atoms with van der Waals surface area (Å²) in [6.07, 6.45) is 5.14. The molecule has 1 saturated carbocycles. The van der Waals surface area contributed by atoms with E-state index in [-0.39, 0.29) is 59.5 Å². The maximum Gasteiger partial charge on any atom is 0.248 e. The van der Waals surface area contributed by atoms with Crippen molar-refractivity contribution in [3.63, 3.8) is 0 Å². The molecular formula is C22H28IN5O3. The molecule has 9 heteroatoms. The van der Waals surface area contributed by atoms with Crippen molar-refractivity contribution in [2.75, 3.05) is 19.6 Å². The van der Waals surface area contributed by atoms with Gasteiger partial charge in [-0.05, 0) is 42.9 Å². The number of carbonyl (C=O) groups excluding carboxylic acids is 3. The largest absolute Gasteiger partial charge is 0.366 e. The lowest BCUT2D eigenvalue weighted by molar-refractivity contribution is -0.140. The number of halogens is 1. The van der Waals surface area contributed by atoms with E-state index in [1.165, 1.54) is 4.90 Å². The number of allylic oxidation sites excluding steroid dienone is 2. The van der Waals surface area contributed by atoms with Crippen LogP contribution in [0.15, 0.2) is 41.4 Å². The summed E-state index contributed by atoms with van der Waals surface area (Å²) in [5.74, 6) is 0.178. The normalized spacial score (nSPS) is 26.1. The van der Waals surface area contributed by atoms with Crippen LogP contribution in [0.2, 0.25) is 0 Å². The molecule has 1 saturated heterocycles. The highest BCUT2D eigenvalue weighted by Gasteiger charge is 2.58. The Morgan fingerprint density at radius 1 is 1.16 bits per heavy atom. The number of hydrogen-bond acceptors (Lipinski definition) is 4. The van der Waals surface area contributed by atoms with Gasteiger partial charge in [0.15, 0.2) is 5.96 Å². The summed E-state index contributed by atoms with van der Waals surface area (Å²) < 4.78 is 0. The summed E-state index contributed by atoms with van der Waals surface area (Å²) >= 11 is 0. The van der Waals surface area contributed by atoms with Gasteiger partial charge in [0, 0.05) is 25.2 Å². The van der Waals surface area contributed by atoms with Gasteiger partial charge in [-0.1, -0.05) is 24.3 Å². The highest BCUT2D eigenvalue weighted by atomic mass is 127. The third-order valence-electron chi connectivity index (χ3n) is 6.16. The number of hydrogen-bond donors (Lipinski definition) is 3. The number of rotatable bonds is 7. The van der Waals surface area contributed by atoms with E-state index in [4.69, 9.17) is 5.73 Å². The molecular weight excluding hydrogens is 509 g/mol. The third-order valence-corrected chi connectivity index (χ3v) is 6.16. The number of amides is 3. The fourth-order valence-electron chi connectivity index (χ4n) is 4.81. The number of fused-ring (bicyclic) bond motifs is 5. The maximum atomic E-state index is 12.7. The predicted octanol–water partition coefficient (Wildman–Crippen LogP) is 1.27. The van der Waals surface area contributed by atoms with E-state index in [0.29, 0.717) is 37.7 Å². The van der Waals surface area contributed by atoms with Crippen LogP contribution in [-0.4, -0.2) is 48.2 Å². The number of nitrogens with one attached hydrogen (secondary N) is 2. The Bertz CT molecular complexity index is 901. The van der Waals surface area contributed by atoms with Crippen LogP contribution >= 0.6 is 24.0 Å². The Labute approximate surface area is 198 Å². The Morgan fingerprint density at radius 3 is 2.45 bits per heavy atom. The molecule has 2 fully saturated rings. The highest BCUT2D eigenvalue weighted by Crippen LogP contribution is 2.52. The molecule has 2 aliphatic carbocycles. The summed E-state index contributed by atoms with van der Waals surface area (Å²) in [6, 6.07) is 7.04. The molecule has 1 aromatic carbocycles. The van der Waals surface area contributed by atoms with Crippen LogP contribution in [0.25, 0.3) is 0 Å². The van der Waals surface area contributed by atoms with Crippen LogP contribution in [0, 0.1) is 23.7 Å². The van der Waals surface area contributed by atoms with Crippen LogP contribution in [0.4, 0.5) is 0 Å². The van der Waals surface area contributed by atoms with Gasteiger partial charge >= 0.3 is 0 Å². The van der Waals surface area contributed by atoms with E-state index >= 15 is 0 Å². The lowest BCUT2D eigenvalue weighted by Gasteiger charge is -2.18. The van der Waals surface area contributed by atoms with E-state index in [0.717, 1.165) is 12.0 Å². The summed E-state index contributed by atoms with van der Waals surface area (Å²) in [7, 11) is 0. The van der Waals surface area contributed by atoms with Crippen molar-refractivity contribution in [2.45, 2.75) is 19.9 Å². The zero-order valence-corrected chi connectivity index (χ0v) is 19.7. The molecule has 166 valence electrons. The molecule has 1 aromatic rings. The van der Waals surface area contributed by atoms with Crippen LogP contribution in [0.1, 0.15) is 29.3 Å². The molecule has 4 N–H and O–H groups in total. The summed E-state index contributed by atoms with van der Waals surface area (Å²) in [5, 5.41) is 6.34. The van der Waals surface area contributed by atoms with Crippen molar-refractivity contribution in [3.05, 3.63) is 47.5 Å². The fraction of sp³-hybridized carbons (Fsp3) is 0.455. The topological polar surface area (TPSA) is 117 Å². The lowest BCUT2D eigenvalue weighted by Crippen LogP contribution is -2.43. The number of imide groups is 1. The minimum Gasteiger partial charge on any atom is -0.366 e. The zero-order valence-electron chi connectivity index (χ0n) is 17.4. The number of nitrogens with zero attached hydrogens (tertiary/aromatic N) is 2. The Hall–Kier alpha value is -2.43. The Balaban J connectivity index is 0.00000272. The van der Waals surface area contributed by atoms with Gasteiger partial charge < -0.3 is 16.4 Å². The van der Waals surface area contributed by atoms with Gasteiger partial charge in [0.1, 0.15) is 0 Å². The molecule has 0 radical (unpaired) electrons. The van der Waals surface area contributed by atoms with Gasteiger partial charge in [0.25, 0.3) is 0 Å². The van der Waals surface area contributed by atoms with Crippen molar-refractivity contribution in [3.8, 4) is 0 Å². The molecule has 3 amide bonds. The first-order valence-corrected chi connectivity index (χ1v) is 10.4. The van der Waals surface area contributed by atoms with Gasteiger partial charge in [0.2, 0.25) is 17.7 Å². The minimum atomic E-state index is -0.473. The number of primary amides is 1. The summed E-state index contributed by atoms with van der Waals surface area (Å²) in [6.45, 7) is 3.76. The monoisotopic (exact) mass is 537 g/mol. The van der Waals surface area contributed by atoms with E-state index in [2.05, 4.69) is 27.8 Å². The quantitative estimate of drug-likeness (QED) is 0.159. The van der Waals surface area contributed by atoms with Crippen LogP contribution < -0.4 is 16.4 Å². The van der Waals surface area contributed by atoms with Crippen LogP contribution in [-0.2, 0) is 16.1 Å². The number of likely N-dealkylation sites (tertiary alicyclic amines) is 1. The lowest BCUT2D eigenvalue weighted by atomic mass is 9.85. The Kier molecular flexibility index (Phi) is 7.34. The number of benzene rings is 1. The standard InChI is InChI=1S/C22H27N5O3.HI/c1-2-24-22(26-12-13-4-3-5-16(10-13)19(23)28)25-8-9-27-20(29)17-14-6-7-15(11-14)18(17)21(27)30;/h3-7,10,14-15,17-18H,2,8-9,11-12H2,1H3,(H2,23,28)(H2,24,25,26);1H. The number of guanidine groups is 1. The molecule has 2 bridgehead atoms. The van der Waals surface area contributed by atoms with E-state index in [1.807, 2.05) is 13.0 Å². The van der Waals surface area contributed by atoms with Gasteiger partial charge in [-0.15, -0.1) is 24.0 Å². The van der Waals surface area contributed by atoms with Gasteiger partial charge in [-0.3, -0.25) is 19.3 Å². The summed E-state index contributed by atoms with van der Waals surface area (Å²) in [5.41, 5.74) is 6.64. The molecule has 0 spiro atoms. The molecule has 4 rings (SSSR count). The van der Waals surface area contributed by atoms with E-state index in [1.54, 1.807) is 18.2 Å². The second-order valence-electron chi connectivity index (χ2n) is 8.01. The van der Waals surface area contributed by atoms with Gasteiger partial charge in [-0.25, -0.2) is 4.99 Å². The molecule has 8 nitrogen and oxygen atoms in total. The van der Waals surface area contributed by atoms with Crippen LogP contribution in [0.5, 0.6) is 0 Å². The van der Waals surface area contributed by atoms with Crippen molar-refractivity contribution in [1.29, 1.82) is 0 Å². The molecule has 1 aliphatic heterocycles. The van der Waals surface area contributed by atoms with E-state index < -0.39 is 5.91 Å². The predicted molar refractivity (Wildman–Crippen MR) is 128 cm³/mol. The molecule has 0 aromatic heterocycles. The molecule has 4 atom stereocenters. The highest BCUT2D eigenvalue weighted by molar-refractivity contribution is 14.0. The second-order valence-corrected chi connectivity index (χ2v) is 8.01. The fourth-order valence-corrected chi connectivity index (χ4v) is 4.81. The molecule has 31 heavy (non-hydrogen) atoms. The van der Waals surface area contributed by atoms with E-state index in [9.17, 15) is 14.4 Å². The summed E-state index contributed by atoms with van der Waals surface area (Å²) in [4.78, 5) is 42.8. The average Bonchev–Trinajstić information content (AvgIpc) is 3.42. The van der Waals surface area contributed by atoms with Gasteiger partial charge in [0.05, 0.1) is 18.4 Å². The molecule has 1 heterocycles. The van der Waals surface area contributed by atoms with Crippen molar-refractivity contribution in [1.82, 2.24) is 15.5 Å². The second kappa shape index (κ2) is 9.80. The Morgan fingerprint density at radius 2 is 1.84 bits per heavy atom. The molecule has 4 unspecified atom stereocenters. The van der Waals surface area contributed by atoms with Crippen molar-refractivity contribution < 1.29 is 14.4 Å². The smallest absolute Gasteiger partial charge is 0.248 e. The van der Waals surface area contributed by atoms with Crippen molar-refractivity contribution >= 4 is 47.7 Å². The first-order chi connectivity index (χ1) is 14.5. The number of nitrogens with two attached hydrogens (primary N) is 1. The SMILES string of the molecule is CCNC(=NCc1cccc(C(N)=O)c1)NCCN1C(=O)C2C3C=CC(C3)C2C1=O.I. The number of carbonyl (C=O) groups is 3. The van der Waals surface area contributed by atoms with Crippen LogP contribution in [0.3, 0.4) is 0 Å². The third kappa shape index (κ3) is 4.60. The minimum absolute atomic E-state index is 0. The molecule has 3 aliphatic rings. The average molecular weight is 537 g/mol. The number of aliphatic imine (C=N–C) groups is 1. The first-order valence-electron chi connectivity index (χ1n) is 10.4. The zero-order chi connectivity index (χ0) is 21.3. The van der Waals surface area contributed by atoms with Gasteiger partial charge in [-0.2, -0.15) is 0 Å². The maximum absolute atomic E-state index is 12.7. The first kappa shape index (κ1) is 23.2.